The molecule has 0 radical (unpaired) electrons. The number of anilines is 2. The third kappa shape index (κ3) is 3.73. The predicted molar refractivity (Wildman–Crippen MR) is 85.2 cm³/mol. The number of hydrogen-bond donors (Lipinski definition) is 2. The van der Waals surface area contributed by atoms with Crippen LogP contribution in [0.3, 0.4) is 0 Å². The molecule has 126 valence electrons. The van der Waals surface area contributed by atoms with Crippen molar-refractivity contribution in [3.05, 3.63) is 17.8 Å². The van der Waals surface area contributed by atoms with Crippen LogP contribution < -0.4 is 16.4 Å². The minimum Gasteiger partial charge on any atom is -0.368 e. The summed E-state index contributed by atoms with van der Waals surface area (Å²) in [5.74, 6) is 0.849. The number of alkyl halides is 2. The Morgan fingerprint density at radius 1 is 1.17 bits per heavy atom. The molecule has 2 aromatic heterocycles. The van der Waals surface area contributed by atoms with Crippen molar-refractivity contribution in [3.8, 4) is 11.4 Å². The highest BCUT2D eigenvalue weighted by atomic mass is 19.3. The van der Waals surface area contributed by atoms with Crippen LogP contribution >= 0.6 is 0 Å². The first-order chi connectivity index (χ1) is 11.0. The normalized spacial score (nSPS) is 14.1. The van der Waals surface area contributed by atoms with Crippen molar-refractivity contribution in [1.82, 2.24) is 19.7 Å². The summed E-state index contributed by atoms with van der Waals surface area (Å²) < 4.78 is 26.1. The maximum atomic E-state index is 12.7. The molecule has 9 heteroatoms. The average Bonchev–Trinajstić information content (AvgIpc) is 3.18. The van der Waals surface area contributed by atoms with Crippen molar-refractivity contribution in [2.45, 2.75) is 26.3 Å². The number of hydrogen-bond acceptors (Lipinski definition) is 6. The second kappa shape index (κ2) is 7.32. The van der Waals surface area contributed by atoms with Gasteiger partial charge in [0.1, 0.15) is 11.5 Å². The molecule has 4 N–H and O–H groups in total. The summed E-state index contributed by atoms with van der Waals surface area (Å²) in [6, 6.07) is 1.76. The Labute approximate surface area is 133 Å². The van der Waals surface area contributed by atoms with E-state index in [9.17, 15) is 8.78 Å². The Bertz CT molecular complexity index is 651. The molecule has 0 spiro atoms. The van der Waals surface area contributed by atoms with Crippen LogP contribution in [0.5, 0.6) is 0 Å². The van der Waals surface area contributed by atoms with Crippen molar-refractivity contribution < 1.29 is 8.78 Å². The van der Waals surface area contributed by atoms with Gasteiger partial charge in [-0.1, -0.05) is 0 Å². The molecule has 0 saturated carbocycles. The molecular weight excluding hydrogens is 304 g/mol. The molecule has 23 heavy (non-hydrogen) atoms. The zero-order valence-corrected chi connectivity index (χ0v) is 13.2. The molecule has 0 aliphatic carbocycles. The lowest BCUT2D eigenvalue weighted by molar-refractivity contribution is 0.0568. The Hall–Kier alpha value is -2.29. The van der Waals surface area contributed by atoms with Gasteiger partial charge in [0.25, 0.3) is 0 Å². The molecule has 0 amide bonds. The number of aryl methyl sites for hydroxylation is 1. The Kier molecular flexibility index (Phi) is 5.43. The van der Waals surface area contributed by atoms with Gasteiger partial charge in [-0.05, 0) is 32.4 Å². The predicted octanol–water partition coefficient (Wildman–Crippen LogP) is 1.80. The minimum atomic E-state index is -2.67. The van der Waals surface area contributed by atoms with E-state index in [1.807, 2.05) is 0 Å². The van der Waals surface area contributed by atoms with E-state index in [1.165, 1.54) is 13.2 Å². The zero-order chi connectivity index (χ0) is 17.0. The van der Waals surface area contributed by atoms with E-state index in [-0.39, 0.29) is 5.95 Å². The third-order valence-electron chi connectivity index (χ3n) is 3.52. The Morgan fingerprint density at radius 3 is 2.39 bits per heavy atom. The van der Waals surface area contributed by atoms with Gasteiger partial charge in [0.15, 0.2) is 0 Å². The lowest BCUT2D eigenvalue weighted by Gasteiger charge is -2.17. The topological polar surface area (TPSA) is 98.9 Å². The molecule has 0 atom stereocenters. The van der Waals surface area contributed by atoms with Gasteiger partial charge in [-0.3, -0.25) is 0 Å². The molecule has 0 bridgehead atoms. The summed E-state index contributed by atoms with van der Waals surface area (Å²) in [7, 11) is 1.50. The molecule has 1 aliphatic rings. The third-order valence-corrected chi connectivity index (χ3v) is 3.52. The fraction of sp³-hybridized carbons (Fsp3) is 0.500. The van der Waals surface area contributed by atoms with Gasteiger partial charge in [-0.25, -0.2) is 9.67 Å². The van der Waals surface area contributed by atoms with Gasteiger partial charge >= 0.3 is 6.55 Å². The molecular formula is C14H21F2N7. The van der Waals surface area contributed by atoms with Gasteiger partial charge in [0.2, 0.25) is 5.95 Å². The van der Waals surface area contributed by atoms with Crippen molar-refractivity contribution in [2.75, 3.05) is 30.8 Å². The van der Waals surface area contributed by atoms with Crippen LogP contribution in [-0.2, 0) is 0 Å². The lowest BCUT2D eigenvalue weighted by atomic mass is 10.2. The molecule has 1 fully saturated rings. The van der Waals surface area contributed by atoms with Crippen molar-refractivity contribution in [1.29, 1.82) is 0 Å². The van der Waals surface area contributed by atoms with E-state index in [4.69, 9.17) is 5.73 Å². The fourth-order valence-electron chi connectivity index (χ4n) is 2.52. The summed E-state index contributed by atoms with van der Waals surface area (Å²) >= 11 is 0. The second-order valence-corrected chi connectivity index (χ2v) is 5.08. The molecule has 3 rings (SSSR count). The summed E-state index contributed by atoms with van der Waals surface area (Å²) in [4.78, 5) is 10.5. The fourth-order valence-corrected chi connectivity index (χ4v) is 2.52. The summed E-state index contributed by atoms with van der Waals surface area (Å²) in [6.45, 7) is 0.880. The van der Waals surface area contributed by atoms with E-state index in [1.54, 1.807) is 13.0 Å². The minimum absolute atomic E-state index is 0.125. The van der Waals surface area contributed by atoms with Crippen LogP contribution in [0.15, 0.2) is 12.3 Å². The smallest absolute Gasteiger partial charge is 0.333 e. The second-order valence-electron chi connectivity index (χ2n) is 5.08. The molecule has 1 aliphatic heterocycles. The quantitative estimate of drug-likeness (QED) is 0.893. The maximum absolute atomic E-state index is 12.7. The van der Waals surface area contributed by atoms with Crippen LogP contribution in [0.25, 0.3) is 11.4 Å². The van der Waals surface area contributed by atoms with Crippen molar-refractivity contribution in [3.63, 3.8) is 0 Å². The van der Waals surface area contributed by atoms with E-state index in [0.29, 0.717) is 21.6 Å². The number of halogens is 2. The van der Waals surface area contributed by atoms with Crippen LogP contribution in [-0.4, -0.2) is 39.9 Å². The van der Waals surface area contributed by atoms with Crippen molar-refractivity contribution >= 4 is 11.8 Å². The molecule has 1 saturated heterocycles. The van der Waals surface area contributed by atoms with E-state index >= 15 is 0 Å². The van der Waals surface area contributed by atoms with Gasteiger partial charge < -0.3 is 16.4 Å². The summed E-state index contributed by atoms with van der Waals surface area (Å²) in [6.07, 6.45) is 3.52. The van der Waals surface area contributed by atoms with Gasteiger partial charge in [0, 0.05) is 25.4 Å². The van der Waals surface area contributed by atoms with Crippen molar-refractivity contribution in [2.24, 2.45) is 5.73 Å². The Balaban J connectivity index is 0.000000924. The highest BCUT2D eigenvalue weighted by molar-refractivity contribution is 5.63. The summed E-state index contributed by atoms with van der Waals surface area (Å²) in [5, 5.41) is 3.89. The van der Waals surface area contributed by atoms with Gasteiger partial charge in [0.05, 0.1) is 5.69 Å². The average molecular weight is 325 g/mol. The highest BCUT2D eigenvalue weighted by Gasteiger charge is 2.19. The van der Waals surface area contributed by atoms with E-state index in [2.05, 4.69) is 25.7 Å². The number of nitrogen functional groups attached to an aromatic ring is 1. The Morgan fingerprint density at radius 2 is 1.83 bits per heavy atom. The lowest BCUT2D eigenvalue weighted by Crippen LogP contribution is -2.20. The monoisotopic (exact) mass is 325 g/mol. The van der Waals surface area contributed by atoms with Gasteiger partial charge in [-0.2, -0.15) is 18.9 Å². The van der Waals surface area contributed by atoms with Crippen LogP contribution in [0, 0.1) is 6.92 Å². The van der Waals surface area contributed by atoms with E-state index in [0.717, 1.165) is 31.7 Å². The molecule has 0 unspecified atom stereocenters. The first-order valence-electron chi connectivity index (χ1n) is 7.36. The summed E-state index contributed by atoms with van der Waals surface area (Å²) in [5.41, 5.74) is 11.8. The SMILES string of the molecule is CN.Cc1cn(C(F)F)nc1-c1cc(N2CCCC2)nc(N)n1. The molecule has 3 heterocycles. The van der Waals surface area contributed by atoms with Crippen LogP contribution in [0.4, 0.5) is 20.5 Å². The van der Waals surface area contributed by atoms with Crippen LogP contribution in [0.2, 0.25) is 0 Å². The van der Waals surface area contributed by atoms with Crippen LogP contribution in [0.1, 0.15) is 25.0 Å². The molecule has 2 aromatic rings. The number of nitrogens with zero attached hydrogens (tertiary/aromatic N) is 5. The molecule has 0 aromatic carbocycles. The highest BCUT2D eigenvalue weighted by Crippen LogP contribution is 2.27. The largest absolute Gasteiger partial charge is 0.368 e. The molecule has 7 nitrogen and oxygen atoms in total. The zero-order valence-electron chi connectivity index (χ0n) is 13.2. The maximum Gasteiger partial charge on any atom is 0.333 e. The number of rotatable bonds is 3. The van der Waals surface area contributed by atoms with E-state index < -0.39 is 6.55 Å². The van der Waals surface area contributed by atoms with Gasteiger partial charge in [-0.15, -0.1) is 0 Å². The number of nitrogens with two attached hydrogens (primary N) is 2. The standard InChI is InChI=1S/C13H16F2N6.CH5N/c1-8-7-21(12(14)15)19-11(8)9-6-10(18-13(16)17-9)20-4-2-3-5-20;1-2/h6-7,12H,2-5H2,1H3,(H2,16,17,18);2H2,1H3. The first-order valence-corrected chi connectivity index (χ1v) is 7.36. The number of aromatic nitrogens is 4. The first kappa shape index (κ1) is 17.1.